The summed E-state index contributed by atoms with van der Waals surface area (Å²) in [5.41, 5.74) is 0.274. The Labute approximate surface area is 165 Å². The Hall–Kier alpha value is -2.46. The zero-order valence-corrected chi connectivity index (χ0v) is 17.3. The first-order valence-corrected chi connectivity index (χ1v) is 10.7. The molecule has 10 heteroatoms. The van der Waals surface area contributed by atoms with Crippen LogP contribution >= 0.6 is 0 Å². The van der Waals surface area contributed by atoms with Gasteiger partial charge in [-0.05, 0) is 31.0 Å². The highest BCUT2D eigenvalue weighted by atomic mass is 32.2. The molecule has 1 unspecified atom stereocenters. The first-order chi connectivity index (χ1) is 13.0. The van der Waals surface area contributed by atoms with Crippen LogP contribution < -0.4 is 10.6 Å². The summed E-state index contributed by atoms with van der Waals surface area (Å²) in [6.45, 7) is 2.68. The van der Waals surface area contributed by atoms with Crippen molar-refractivity contribution < 1.29 is 22.8 Å². The molecule has 1 aliphatic heterocycles. The van der Waals surface area contributed by atoms with Gasteiger partial charge >= 0.3 is 0 Å². The zero-order valence-electron chi connectivity index (χ0n) is 16.5. The molecule has 28 heavy (non-hydrogen) atoms. The average molecular weight is 410 g/mol. The summed E-state index contributed by atoms with van der Waals surface area (Å²) in [5.74, 6) is -1.51. The number of nitrogens with one attached hydrogen (secondary N) is 2. The predicted molar refractivity (Wildman–Crippen MR) is 105 cm³/mol. The van der Waals surface area contributed by atoms with E-state index in [0.717, 1.165) is 22.5 Å². The van der Waals surface area contributed by atoms with E-state index in [0.29, 0.717) is 5.69 Å². The first kappa shape index (κ1) is 21.8. The first-order valence-electron chi connectivity index (χ1n) is 8.86. The molecule has 9 nitrogen and oxygen atoms in total. The van der Waals surface area contributed by atoms with Crippen molar-refractivity contribution in [1.29, 1.82) is 0 Å². The van der Waals surface area contributed by atoms with E-state index < -0.39 is 33.3 Å². The predicted octanol–water partition coefficient (Wildman–Crippen LogP) is -0.204. The molecule has 1 fully saturated rings. The third kappa shape index (κ3) is 4.87. The number of amides is 3. The van der Waals surface area contributed by atoms with Crippen molar-refractivity contribution in [3.8, 4) is 0 Å². The number of rotatable bonds is 6. The fourth-order valence-corrected chi connectivity index (χ4v) is 3.75. The summed E-state index contributed by atoms with van der Waals surface area (Å²) >= 11 is 0. The highest BCUT2D eigenvalue weighted by Crippen LogP contribution is 2.22. The lowest BCUT2D eigenvalue weighted by atomic mass is 9.96. The molecule has 0 spiro atoms. The van der Waals surface area contributed by atoms with Crippen molar-refractivity contribution in [3.05, 3.63) is 29.8 Å². The topological polar surface area (TPSA) is 116 Å². The van der Waals surface area contributed by atoms with Crippen molar-refractivity contribution in [3.63, 3.8) is 0 Å². The highest BCUT2D eigenvalue weighted by molar-refractivity contribution is 7.88. The number of carbonyl (C=O) groups is 3. The minimum absolute atomic E-state index is 0.180. The standard InChI is InChI=1S/C18H26N4O5S/c1-5-13-7-6-8-14(9-13)20-15(23)10-19-17(25)18(2)12-22(28(4,26)27)11-16(24)21(18)3/h6-9H,5,10-12H2,1-4H3,(H,19,25)(H,20,23). The van der Waals surface area contributed by atoms with E-state index in [1.165, 1.54) is 18.9 Å². The molecule has 154 valence electrons. The smallest absolute Gasteiger partial charge is 0.247 e. The second-order valence-corrected chi connectivity index (χ2v) is 9.02. The van der Waals surface area contributed by atoms with Crippen LogP contribution in [0.1, 0.15) is 19.4 Å². The Bertz CT molecular complexity index is 886. The van der Waals surface area contributed by atoms with Crippen LogP contribution in [-0.4, -0.2) is 73.8 Å². The average Bonchev–Trinajstić information content (AvgIpc) is 2.63. The molecule has 2 N–H and O–H groups in total. The molecule has 0 aromatic heterocycles. The second kappa shape index (κ2) is 8.27. The number of piperazine rings is 1. The molecule has 1 aromatic carbocycles. The molecule has 1 atom stereocenters. The van der Waals surface area contributed by atoms with E-state index in [1.807, 2.05) is 25.1 Å². The summed E-state index contributed by atoms with van der Waals surface area (Å²) < 4.78 is 24.6. The van der Waals surface area contributed by atoms with E-state index in [1.54, 1.807) is 6.07 Å². The molecular weight excluding hydrogens is 384 g/mol. The van der Waals surface area contributed by atoms with Crippen LogP contribution in [0.3, 0.4) is 0 Å². The molecular formula is C18H26N4O5S. The zero-order chi connectivity index (χ0) is 21.1. The van der Waals surface area contributed by atoms with Gasteiger partial charge in [0.25, 0.3) is 0 Å². The molecule has 1 aliphatic rings. The molecule has 1 saturated heterocycles. The minimum atomic E-state index is -3.64. The molecule has 2 rings (SSSR count). The second-order valence-electron chi connectivity index (χ2n) is 7.04. The largest absolute Gasteiger partial charge is 0.345 e. The Morgan fingerprint density at radius 1 is 1.29 bits per heavy atom. The fourth-order valence-electron chi connectivity index (χ4n) is 2.92. The van der Waals surface area contributed by atoms with Crippen LogP contribution in [0.2, 0.25) is 0 Å². The van der Waals surface area contributed by atoms with E-state index in [9.17, 15) is 22.8 Å². The Kier molecular flexibility index (Phi) is 6.45. The monoisotopic (exact) mass is 410 g/mol. The maximum absolute atomic E-state index is 12.7. The number of sulfonamides is 1. The van der Waals surface area contributed by atoms with Gasteiger partial charge in [-0.15, -0.1) is 0 Å². The van der Waals surface area contributed by atoms with Gasteiger partial charge < -0.3 is 15.5 Å². The Morgan fingerprint density at radius 3 is 2.57 bits per heavy atom. The van der Waals surface area contributed by atoms with Gasteiger partial charge in [-0.3, -0.25) is 14.4 Å². The Balaban J connectivity index is 2.03. The Morgan fingerprint density at radius 2 is 1.96 bits per heavy atom. The van der Waals surface area contributed by atoms with Crippen LogP contribution in [-0.2, 0) is 30.8 Å². The van der Waals surface area contributed by atoms with Gasteiger partial charge in [0.1, 0.15) is 5.54 Å². The number of aryl methyl sites for hydroxylation is 1. The molecule has 0 aliphatic carbocycles. The normalized spacial score (nSPS) is 20.7. The fraction of sp³-hybridized carbons (Fsp3) is 0.500. The van der Waals surface area contributed by atoms with Crippen molar-refractivity contribution in [2.24, 2.45) is 0 Å². The molecule has 0 bridgehead atoms. The third-order valence-electron chi connectivity index (χ3n) is 4.90. The lowest BCUT2D eigenvalue weighted by Gasteiger charge is -2.44. The summed E-state index contributed by atoms with van der Waals surface area (Å²) in [5, 5.41) is 5.20. The van der Waals surface area contributed by atoms with Crippen LogP contribution in [0.25, 0.3) is 0 Å². The number of benzene rings is 1. The van der Waals surface area contributed by atoms with Crippen LogP contribution in [0.5, 0.6) is 0 Å². The summed E-state index contributed by atoms with van der Waals surface area (Å²) in [4.78, 5) is 38.2. The van der Waals surface area contributed by atoms with Gasteiger partial charge in [0, 0.05) is 19.3 Å². The van der Waals surface area contributed by atoms with Gasteiger partial charge in [-0.1, -0.05) is 19.1 Å². The van der Waals surface area contributed by atoms with Crippen molar-refractivity contribution in [2.45, 2.75) is 25.8 Å². The molecule has 1 heterocycles. The highest BCUT2D eigenvalue weighted by Gasteiger charge is 2.47. The maximum atomic E-state index is 12.7. The number of carbonyl (C=O) groups excluding carboxylic acids is 3. The molecule has 0 saturated carbocycles. The van der Waals surface area contributed by atoms with Gasteiger partial charge in [-0.2, -0.15) is 4.31 Å². The van der Waals surface area contributed by atoms with Crippen LogP contribution in [0.15, 0.2) is 24.3 Å². The van der Waals surface area contributed by atoms with E-state index >= 15 is 0 Å². The molecule has 3 amide bonds. The van der Waals surface area contributed by atoms with E-state index in [-0.39, 0.29) is 19.6 Å². The number of nitrogens with zero attached hydrogens (tertiary/aromatic N) is 2. The SMILES string of the molecule is CCc1cccc(NC(=O)CNC(=O)C2(C)CN(S(C)(=O)=O)CC(=O)N2C)c1. The number of anilines is 1. The van der Waals surface area contributed by atoms with E-state index in [4.69, 9.17) is 0 Å². The van der Waals surface area contributed by atoms with Crippen LogP contribution in [0.4, 0.5) is 5.69 Å². The minimum Gasteiger partial charge on any atom is -0.345 e. The van der Waals surface area contributed by atoms with Crippen molar-refractivity contribution in [1.82, 2.24) is 14.5 Å². The molecule has 1 aromatic rings. The molecule has 0 radical (unpaired) electrons. The van der Waals surface area contributed by atoms with Crippen molar-refractivity contribution >= 4 is 33.4 Å². The maximum Gasteiger partial charge on any atom is 0.247 e. The quantitative estimate of drug-likeness (QED) is 0.674. The summed E-state index contributed by atoms with van der Waals surface area (Å²) in [6.07, 6.45) is 1.82. The lowest BCUT2D eigenvalue weighted by molar-refractivity contribution is -0.150. The number of hydrogen-bond donors (Lipinski definition) is 2. The van der Waals surface area contributed by atoms with Gasteiger partial charge in [-0.25, -0.2) is 8.42 Å². The number of hydrogen-bond acceptors (Lipinski definition) is 5. The summed E-state index contributed by atoms with van der Waals surface area (Å²) in [6, 6.07) is 7.37. The van der Waals surface area contributed by atoms with Gasteiger partial charge in [0.15, 0.2) is 0 Å². The number of likely N-dealkylation sites (N-methyl/N-ethyl adjacent to an activating group) is 1. The van der Waals surface area contributed by atoms with Gasteiger partial charge in [0.2, 0.25) is 27.7 Å². The van der Waals surface area contributed by atoms with Crippen molar-refractivity contribution in [2.75, 3.05) is 38.3 Å². The summed E-state index contributed by atoms with van der Waals surface area (Å²) in [7, 11) is -2.20. The third-order valence-corrected chi connectivity index (χ3v) is 6.09. The van der Waals surface area contributed by atoms with E-state index in [2.05, 4.69) is 10.6 Å². The van der Waals surface area contributed by atoms with Gasteiger partial charge in [0.05, 0.1) is 19.3 Å². The van der Waals surface area contributed by atoms with Crippen LogP contribution in [0, 0.1) is 0 Å². The lowest BCUT2D eigenvalue weighted by Crippen LogP contribution is -2.68.